The van der Waals surface area contributed by atoms with Crippen LogP contribution in [0.2, 0.25) is 0 Å². The van der Waals surface area contributed by atoms with Crippen LogP contribution < -0.4 is 0 Å². The molecule has 0 amide bonds. The molecule has 1 N–H and O–H groups in total. The number of rotatable bonds is 3. The zero-order chi connectivity index (χ0) is 11.7. The topological polar surface area (TPSA) is 25.2 Å². The molecule has 0 bridgehead atoms. The number of aromatic nitrogens is 1. The van der Waals surface area contributed by atoms with E-state index in [0.717, 1.165) is 11.0 Å². The van der Waals surface area contributed by atoms with Gasteiger partial charge in [-0.2, -0.15) is 0 Å². The molecule has 16 heavy (non-hydrogen) atoms. The number of hydrogen-bond donors (Lipinski definition) is 1. The highest BCUT2D eigenvalue weighted by Crippen LogP contribution is 2.27. The molecule has 0 aliphatic rings. The van der Waals surface area contributed by atoms with Crippen LogP contribution in [0.3, 0.4) is 0 Å². The van der Waals surface area contributed by atoms with Crippen LogP contribution in [0.1, 0.15) is 25.5 Å². The maximum atomic E-state index is 9.27. The molecule has 86 valence electrons. The predicted molar refractivity (Wildman–Crippen MR) is 70.8 cm³/mol. The van der Waals surface area contributed by atoms with Gasteiger partial charge in [0, 0.05) is 33.5 Å². The third kappa shape index (κ3) is 1.89. The average molecular weight is 282 g/mol. The Balaban J connectivity index is 2.65. The van der Waals surface area contributed by atoms with E-state index in [0.29, 0.717) is 0 Å². The second kappa shape index (κ2) is 4.60. The lowest BCUT2D eigenvalue weighted by Gasteiger charge is -2.12. The lowest BCUT2D eigenvalue weighted by Crippen LogP contribution is -2.07. The van der Waals surface area contributed by atoms with E-state index in [9.17, 15) is 5.11 Å². The fourth-order valence-electron chi connectivity index (χ4n) is 2.12. The number of nitrogens with zero attached hydrogens (tertiary/aromatic N) is 1. The van der Waals surface area contributed by atoms with Crippen LogP contribution in [0, 0.1) is 0 Å². The van der Waals surface area contributed by atoms with E-state index >= 15 is 0 Å². The molecule has 1 aromatic heterocycles. The van der Waals surface area contributed by atoms with Gasteiger partial charge in [0.05, 0.1) is 6.61 Å². The second-order valence-corrected chi connectivity index (χ2v) is 5.02. The molecule has 2 aromatic rings. The van der Waals surface area contributed by atoms with E-state index in [1.807, 2.05) is 0 Å². The summed E-state index contributed by atoms with van der Waals surface area (Å²) in [6.45, 7) is 5.31. The van der Waals surface area contributed by atoms with Gasteiger partial charge in [-0.1, -0.05) is 22.9 Å². The molecule has 1 aromatic carbocycles. The quantitative estimate of drug-likeness (QED) is 0.915. The monoisotopic (exact) mass is 281 g/mol. The van der Waals surface area contributed by atoms with E-state index in [2.05, 4.69) is 58.6 Å². The summed E-state index contributed by atoms with van der Waals surface area (Å²) in [5.74, 6) is 0.186. The molecular formula is C13H16BrNO. The van der Waals surface area contributed by atoms with E-state index < -0.39 is 0 Å². The molecule has 0 aliphatic carbocycles. The molecule has 3 heteroatoms. The Morgan fingerprint density at radius 1 is 1.38 bits per heavy atom. The van der Waals surface area contributed by atoms with Crippen molar-refractivity contribution in [3.63, 3.8) is 0 Å². The van der Waals surface area contributed by atoms with Crippen molar-refractivity contribution in [1.82, 2.24) is 4.57 Å². The smallest absolute Gasteiger partial charge is 0.0511 e. The maximum Gasteiger partial charge on any atom is 0.0511 e. The van der Waals surface area contributed by atoms with Gasteiger partial charge in [-0.3, -0.25) is 0 Å². The van der Waals surface area contributed by atoms with E-state index in [1.165, 1.54) is 16.6 Å². The number of benzene rings is 1. The zero-order valence-electron chi connectivity index (χ0n) is 9.57. The van der Waals surface area contributed by atoms with Crippen molar-refractivity contribution in [3.05, 3.63) is 34.4 Å². The molecular weight excluding hydrogens is 266 g/mol. The molecule has 0 saturated carbocycles. The van der Waals surface area contributed by atoms with Crippen LogP contribution in [0.5, 0.6) is 0 Å². The Bertz CT molecular complexity index is 504. The minimum absolute atomic E-state index is 0.186. The van der Waals surface area contributed by atoms with Gasteiger partial charge in [0.2, 0.25) is 0 Å². The number of aryl methyl sites for hydroxylation is 1. The summed E-state index contributed by atoms with van der Waals surface area (Å²) >= 11 is 3.48. The van der Waals surface area contributed by atoms with Gasteiger partial charge in [-0.15, -0.1) is 0 Å². The van der Waals surface area contributed by atoms with Gasteiger partial charge in [0.1, 0.15) is 0 Å². The molecule has 2 nitrogen and oxygen atoms in total. The van der Waals surface area contributed by atoms with Crippen molar-refractivity contribution in [2.45, 2.75) is 26.3 Å². The number of hydrogen-bond acceptors (Lipinski definition) is 1. The number of aliphatic hydroxyl groups is 1. The first-order chi connectivity index (χ1) is 7.67. The summed E-state index contributed by atoms with van der Waals surface area (Å²) in [6.07, 6.45) is 0. The Labute approximate surface area is 104 Å². The minimum Gasteiger partial charge on any atom is -0.396 e. The minimum atomic E-state index is 0.186. The fourth-order valence-corrected chi connectivity index (χ4v) is 2.50. The van der Waals surface area contributed by atoms with Crippen LogP contribution in [0.15, 0.2) is 28.7 Å². The number of halogens is 1. The lowest BCUT2D eigenvalue weighted by molar-refractivity contribution is 0.269. The van der Waals surface area contributed by atoms with Gasteiger partial charge < -0.3 is 9.67 Å². The van der Waals surface area contributed by atoms with Crippen molar-refractivity contribution < 1.29 is 5.11 Å². The van der Waals surface area contributed by atoms with Crippen LogP contribution >= 0.6 is 15.9 Å². The van der Waals surface area contributed by atoms with Crippen molar-refractivity contribution in [2.75, 3.05) is 6.61 Å². The third-order valence-corrected chi connectivity index (χ3v) is 3.48. The van der Waals surface area contributed by atoms with Crippen molar-refractivity contribution in [2.24, 2.45) is 0 Å². The molecule has 1 atom stereocenters. The highest BCUT2D eigenvalue weighted by Gasteiger charge is 2.12. The molecule has 0 radical (unpaired) electrons. The molecule has 0 saturated heterocycles. The SMILES string of the molecule is CCn1c(C(C)CO)cc2cc(Br)ccc21. The van der Waals surface area contributed by atoms with Crippen LogP contribution in [-0.2, 0) is 6.54 Å². The van der Waals surface area contributed by atoms with Crippen LogP contribution in [0.4, 0.5) is 0 Å². The van der Waals surface area contributed by atoms with Crippen molar-refractivity contribution in [1.29, 1.82) is 0 Å². The average Bonchev–Trinajstić information content (AvgIpc) is 2.65. The summed E-state index contributed by atoms with van der Waals surface area (Å²) in [4.78, 5) is 0. The van der Waals surface area contributed by atoms with Gasteiger partial charge in [-0.25, -0.2) is 0 Å². The summed E-state index contributed by atoms with van der Waals surface area (Å²) in [5, 5.41) is 10.5. The maximum absolute atomic E-state index is 9.27. The second-order valence-electron chi connectivity index (χ2n) is 4.10. The molecule has 1 heterocycles. The van der Waals surface area contributed by atoms with Crippen LogP contribution in [-0.4, -0.2) is 16.3 Å². The summed E-state index contributed by atoms with van der Waals surface area (Å²) in [6, 6.07) is 8.47. The van der Waals surface area contributed by atoms with Crippen LogP contribution in [0.25, 0.3) is 10.9 Å². The Morgan fingerprint density at radius 3 is 2.75 bits per heavy atom. The molecule has 2 rings (SSSR count). The number of aliphatic hydroxyl groups excluding tert-OH is 1. The Hall–Kier alpha value is -0.800. The van der Waals surface area contributed by atoms with Gasteiger partial charge in [-0.05, 0) is 31.2 Å². The van der Waals surface area contributed by atoms with E-state index in [4.69, 9.17) is 0 Å². The molecule has 0 fully saturated rings. The largest absolute Gasteiger partial charge is 0.396 e. The van der Waals surface area contributed by atoms with Crippen molar-refractivity contribution in [3.8, 4) is 0 Å². The van der Waals surface area contributed by atoms with Gasteiger partial charge >= 0.3 is 0 Å². The standard InChI is InChI=1S/C13H16BrNO/c1-3-15-12-5-4-11(14)6-10(12)7-13(15)9(2)8-16/h4-7,9,16H,3,8H2,1-2H3. The first-order valence-corrected chi connectivity index (χ1v) is 6.36. The highest BCUT2D eigenvalue weighted by atomic mass is 79.9. The van der Waals surface area contributed by atoms with Crippen molar-refractivity contribution >= 4 is 26.8 Å². The third-order valence-electron chi connectivity index (χ3n) is 2.99. The first-order valence-electron chi connectivity index (χ1n) is 5.57. The Morgan fingerprint density at radius 2 is 2.12 bits per heavy atom. The summed E-state index contributed by atoms with van der Waals surface area (Å²) < 4.78 is 3.36. The first kappa shape index (κ1) is 11.7. The Kier molecular flexibility index (Phi) is 3.36. The molecule has 1 unspecified atom stereocenters. The zero-order valence-corrected chi connectivity index (χ0v) is 11.2. The molecule has 0 spiro atoms. The lowest BCUT2D eigenvalue weighted by atomic mass is 10.1. The summed E-state index contributed by atoms with van der Waals surface area (Å²) in [5.41, 5.74) is 2.44. The predicted octanol–water partition coefficient (Wildman–Crippen LogP) is 3.52. The van der Waals surface area contributed by atoms with E-state index in [-0.39, 0.29) is 12.5 Å². The molecule has 0 aliphatic heterocycles. The van der Waals surface area contributed by atoms with Gasteiger partial charge in [0.25, 0.3) is 0 Å². The van der Waals surface area contributed by atoms with Gasteiger partial charge in [0.15, 0.2) is 0 Å². The highest BCUT2D eigenvalue weighted by molar-refractivity contribution is 9.10. The van der Waals surface area contributed by atoms with E-state index in [1.54, 1.807) is 0 Å². The normalized spacial score (nSPS) is 13.2. The fraction of sp³-hybridized carbons (Fsp3) is 0.385. The summed E-state index contributed by atoms with van der Waals surface area (Å²) in [7, 11) is 0. The number of fused-ring (bicyclic) bond motifs is 1.